The Morgan fingerprint density at radius 1 is 1.69 bits per heavy atom. The predicted octanol–water partition coefficient (Wildman–Crippen LogP) is 2.22. The molecular formula is C11H16BrN3O. The van der Waals surface area contributed by atoms with E-state index < -0.39 is 0 Å². The van der Waals surface area contributed by atoms with Crippen LogP contribution in [0.15, 0.2) is 16.9 Å². The van der Waals surface area contributed by atoms with Crippen LogP contribution < -0.4 is 11.1 Å². The summed E-state index contributed by atoms with van der Waals surface area (Å²) in [6.45, 7) is 3.88. The zero-order valence-corrected chi connectivity index (χ0v) is 11.0. The predicted molar refractivity (Wildman–Crippen MR) is 68.2 cm³/mol. The highest BCUT2D eigenvalue weighted by molar-refractivity contribution is 9.10. The zero-order valence-electron chi connectivity index (χ0n) is 9.46. The quantitative estimate of drug-likeness (QED) is 0.834. The molecule has 4 nitrogen and oxygen atoms in total. The molecule has 16 heavy (non-hydrogen) atoms. The van der Waals surface area contributed by atoms with Crippen LogP contribution in [0, 0.1) is 6.92 Å². The third kappa shape index (κ3) is 3.90. The number of nitrogens with one attached hydrogen (secondary N) is 1. The van der Waals surface area contributed by atoms with Gasteiger partial charge in [-0.3, -0.25) is 4.79 Å². The van der Waals surface area contributed by atoms with Crippen molar-refractivity contribution in [3.63, 3.8) is 0 Å². The van der Waals surface area contributed by atoms with Crippen molar-refractivity contribution in [2.45, 2.75) is 32.7 Å². The van der Waals surface area contributed by atoms with E-state index >= 15 is 0 Å². The van der Waals surface area contributed by atoms with Crippen LogP contribution in [0.4, 0.5) is 5.69 Å². The van der Waals surface area contributed by atoms with Crippen molar-refractivity contribution in [3.8, 4) is 0 Å². The molecule has 3 N–H and O–H groups in total. The van der Waals surface area contributed by atoms with Gasteiger partial charge in [0, 0.05) is 12.5 Å². The maximum atomic E-state index is 11.5. The van der Waals surface area contributed by atoms with E-state index in [4.69, 9.17) is 5.73 Å². The van der Waals surface area contributed by atoms with E-state index in [9.17, 15) is 4.79 Å². The second kappa shape index (κ2) is 5.96. The number of aromatic nitrogens is 1. The molecule has 0 fully saturated rings. The van der Waals surface area contributed by atoms with Gasteiger partial charge in [0.15, 0.2) is 0 Å². The Bertz CT molecular complexity index is 381. The highest BCUT2D eigenvalue weighted by atomic mass is 79.9. The molecule has 0 aliphatic carbocycles. The maximum absolute atomic E-state index is 11.5. The van der Waals surface area contributed by atoms with Gasteiger partial charge in [-0.1, -0.05) is 6.92 Å². The molecule has 0 saturated heterocycles. The second-order valence-electron chi connectivity index (χ2n) is 3.75. The van der Waals surface area contributed by atoms with E-state index in [1.807, 2.05) is 19.9 Å². The molecule has 0 aromatic carbocycles. The van der Waals surface area contributed by atoms with Crippen LogP contribution in [0.1, 0.15) is 25.3 Å². The summed E-state index contributed by atoms with van der Waals surface area (Å²) < 4.78 is 0.788. The molecule has 5 heteroatoms. The van der Waals surface area contributed by atoms with Crippen LogP contribution >= 0.6 is 15.9 Å². The van der Waals surface area contributed by atoms with E-state index in [-0.39, 0.29) is 11.9 Å². The first-order chi connectivity index (χ1) is 7.52. The molecule has 0 aliphatic rings. The molecule has 1 aromatic rings. The van der Waals surface area contributed by atoms with Crippen LogP contribution in [0.2, 0.25) is 0 Å². The highest BCUT2D eigenvalue weighted by Gasteiger charge is 2.08. The molecule has 0 radical (unpaired) electrons. The number of hydrogen-bond donors (Lipinski definition) is 2. The first kappa shape index (κ1) is 13.1. The molecule has 1 atom stereocenters. The van der Waals surface area contributed by atoms with E-state index in [0.29, 0.717) is 12.1 Å². The monoisotopic (exact) mass is 285 g/mol. The molecule has 1 unspecified atom stereocenters. The number of carbonyl (C=O) groups excluding carboxylic acids is 1. The van der Waals surface area contributed by atoms with Gasteiger partial charge < -0.3 is 11.1 Å². The maximum Gasteiger partial charge on any atom is 0.225 e. The fourth-order valence-corrected chi connectivity index (χ4v) is 1.44. The minimum atomic E-state index is -0.0792. The van der Waals surface area contributed by atoms with Crippen LogP contribution in [-0.2, 0) is 4.79 Å². The molecule has 0 aliphatic heterocycles. The summed E-state index contributed by atoms with van der Waals surface area (Å²) in [5.41, 5.74) is 7.38. The number of pyridine rings is 1. The van der Waals surface area contributed by atoms with Crippen molar-refractivity contribution < 1.29 is 4.79 Å². The summed E-state index contributed by atoms with van der Waals surface area (Å²) in [5.74, 6) is -0.0714. The number of anilines is 1. The van der Waals surface area contributed by atoms with E-state index in [1.165, 1.54) is 0 Å². The standard InChI is InChI=1S/C11H16BrN3O/c1-3-8(13)5-10(16)15-9-4-7(2)11(12)14-6-9/h4,6,8H,3,5,13H2,1-2H3,(H,15,16). The van der Waals surface area contributed by atoms with Crippen molar-refractivity contribution in [2.75, 3.05) is 5.32 Å². The number of hydrogen-bond acceptors (Lipinski definition) is 3. The number of carbonyl (C=O) groups is 1. The first-order valence-electron chi connectivity index (χ1n) is 5.20. The number of amides is 1. The molecular weight excluding hydrogens is 270 g/mol. The molecule has 1 aromatic heterocycles. The Kier molecular flexibility index (Phi) is 4.89. The summed E-state index contributed by atoms with van der Waals surface area (Å²) in [4.78, 5) is 15.6. The Labute approximate surface area is 104 Å². The number of rotatable bonds is 4. The van der Waals surface area contributed by atoms with E-state index in [0.717, 1.165) is 16.6 Å². The Morgan fingerprint density at radius 2 is 2.38 bits per heavy atom. The molecule has 0 spiro atoms. The topological polar surface area (TPSA) is 68.0 Å². The van der Waals surface area contributed by atoms with Crippen molar-refractivity contribution in [2.24, 2.45) is 5.73 Å². The van der Waals surface area contributed by atoms with Crippen LogP contribution in [0.3, 0.4) is 0 Å². The van der Waals surface area contributed by atoms with Gasteiger partial charge in [-0.2, -0.15) is 0 Å². The molecule has 88 valence electrons. The van der Waals surface area contributed by atoms with Gasteiger partial charge in [-0.25, -0.2) is 4.98 Å². The third-order valence-corrected chi connectivity index (χ3v) is 3.10. The summed E-state index contributed by atoms with van der Waals surface area (Å²) in [5, 5.41) is 2.77. The van der Waals surface area contributed by atoms with Gasteiger partial charge in [-0.15, -0.1) is 0 Å². The highest BCUT2D eigenvalue weighted by Crippen LogP contribution is 2.16. The third-order valence-electron chi connectivity index (χ3n) is 2.27. The van der Waals surface area contributed by atoms with Gasteiger partial charge in [0.25, 0.3) is 0 Å². The van der Waals surface area contributed by atoms with Crippen molar-refractivity contribution >= 4 is 27.5 Å². The summed E-state index contributed by atoms with van der Waals surface area (Å²) in [7, 11) is 0. The van der Waals surface area contributed by atoms with Crippen LogP contribution in [0.25, 0.3) is 0 Å². The fourth-order valence-electron chi connectivity index (χ4n) is 1.22. The van der Waals surface area contributed by atoms with E-state index in [1.54, 1.807) is 6.20 Å². The lowest BCUT2D eigenvalue weighted by atomic mass is 10.1. The molecule has 1 heterocycles. The lowest BCUT2D eigenvalue weighted by Crippen LogP contribution is -2.26. The number of nitrogens with zero attached hydrogens (tertiary/aromatic N) is 1. The summed E-state index contributed by atoms with van der Waals surface area (Å²) in [6, 6.07) is 1.79. The minimum absolute atomic E-state index is 0.0714. The van der Waals surface area contributed by atoms with Gasteiger partial charge in [0.1, 0.15) is 4.60 Å². The first-order valence-corrected chi connectivity index (χ1v) is 5.99. The smallest absolute Gasteiger partial charge is 0.225 e. The van der Waals surface area contributed by atoms with Gasteiger partial charge in [0.05, 0.1) is 11.9 Å². The zero-order chi connectivity index (χ0) is 12.1. The van der Waals surface area contributed by atoms with Crippen LogP contribution in [-0.4, -0.2) is 16.9 Å². The molecule has 1 rings (SSSR count). The minimum Gasteiger partial charge on any atom is -0.327 e. The van der Waals surface area contributed by atoms with Gasteiger partial charge >= 0.3 is 0 Å². The molecule has 1 amide bonds. The molecule has 0 saturated carbocycles. The van der Waals surface area contributed by atoms with Crippen molar-refractivity contribution in [3.05, 3.63) is 22.4 Å². The SMILES string of the molecule is CCC(N)CC(=O)Nc1cnc(Br)c(C)c1. The Balaban J connectivity index is 2.59. The normalized spacial score (nSPS) is 12.2. The van der Waals surface area contributed by atoms with Crippen molar-refractivity contribution in [1.82, 2.24) is 4.98 Å². The average Bonchev–Trinajstić information content (AvgIpc) is 2.23. The average molecular weight is 286 g/mol. The fraction of sp³-hybridized carbons (Fsp3) is 0.455. The summed E-state index contributed by atoms with van der Waals surface area (Å²) in [6.07, 6.45) is 2.75. The number of halogens is 1. The van der Waals surface area contributed by atoms with E-state index in [2.05, 4.69) is 26.2 Å². The van der Waals surface area contributed by atoms with Crippen molar-refractivity contribution in [1.29, 1.82) is 0 Å². The number of nitrogens with two attached hydrogens (primary N) is 1. The lowest BCUT2D eigenvalue weighted by molar-refractivity contribution is -0.116. The second-order valence-corrected chi connectivity index (χ2v) is 4.50. The summed E-state index contributed by atoms with van der Waals surface area (Å²) >= 11 is 3.30. The Hall–Kier alpha value is -0.940. The van der Waals surface area contributed by atoms with Crippen LogP contribution in [0.5, 0.6) is 0 Å². The van der Waals surface area contributed by atoms with Gasteiger partial charge in [0.2, 0.25) is 5.91 Å². The van der Waals surface area contributed by atoms with Gasteiger partial charge in [-0.05, 0) is 40.9 Å². The largest absolute Gasteiger partial charge is 0.327 e. The Morgan fingerprint density at radius 3 is 2.94 bits per heavy atom. The number of aryl methyl sites for hydroxylation is 1. The molecule has 0 bridgehead atoms. The lowest BCUT2D eigenvalue weighted by Gasteiger charge is -2.09.